The van der Waals surface area contributed by atoms with Crippen LogP contribution in [0.2, 0.25) is 0 Å². The molecule has 1 saturated heterocycles. The third-order valence-corrected chi connectivity index (χ3v) is 5.28. The summed E-state index contributed by atoms with van der Waals surface area (Å²) >= 11 is 0. The Balaban J connectivity index is 1.42. The molecule has 1 aliphatic rings. The summed E-state index contributed by atoms with van der Waals surface area (Å²) in [7, 11) is 0. The Bertz CT molecular complexity index is 1150. The van der Waals surface area contributed by atoms with Crippen LogP contribution >= 0.6 is 0 Å². The number of aromatic nitrogens is 3. The Morgan fingerprint density at radius 3 is 2.34 bits per heavy atom. The topological polar surface area (TPSA) is 48.1 Å². The summed E-state index contributed by atoms with van der Waals surface area (Å²) in [6, 6.07) is 16.0. The number of rotatable bonds is 3. The molecule has 0 unspecified atom stereocenters. The highest BCUT2D eigenvalue weighted by atomic mass is 19.2. The van der Waals surface area contributed by atoms with E-state index in [1.165, 1.54) is 11.8 Å². The van der Waals surface area contributed by atoms with E-state index in [4.69, 9.17) is 0 Å². The predicted octanol–water partition coefficient (Wildman–Crippen LogP) is 4.23. The van der Waals surface area contributed by atoms with Crippen molar-refractivity contribution in [2.75, 3.05) is 36.0 Å². The normalized spacial score (nSPS) is 14.6. The molecule has 29 heavy (non-hydrogen) atoms. The number of H-pyrrole nitrogens is 1. The molecule has 1 N–H and O–H groups in total. The number of hydrogen-bond acceptors (Lipinski definition) is 4. The van der Waals surface area contributed by atoms with Gasteiger partial charge in [-0.25, -0.2) is 18.7 Å². The van der Waals surface area contributed by atoms with Gasteiger partial charge in [0.2, 0.25) is 0 Å². The predicted molar refractivity (Wildman–Crippen MR) is 110 cm³/mol. The lowest BCUT2D eigenvalue weighted by molar-refractivity contribution is 0.509. The van der Waals surface area contributed by atoms with Gasteiger partial charge < -0.3 is 14.8 Å². The van der Waals surface area contributed by atoms with E-state index >= 15 is 0 Å². The van der Waals surface area contributed by atoms with Gasteiger partial charge in [-0.1, -0.05) is 18.2 Å². The van der Waals surface area contributed by atoms with Crippen molar-refractivity contribution in [2.24, 2.45) is 0 Å². The maximum Gasteiger partial charge on any atom is 0.159 e. The second-order valence-electron chi connectivity index (χ2n) is 7.05. The van der Waals surface area contributed by atoms with Crippen LogP contribution in [0.1, 0.15) is 0 Å². The number of benzene rings is 2. The average Bonchev–Trinajstić information content (AvgIpc) is 3.21. The number of para-hydroxylation sites is 1. The summed E-state index contributed by atoms with van der Waals surface area (Å²) in [6.45, 7) is 3.44. The maximum atomic E-state index is 13.6. The average molecular weight is 391 g/mol. The van der Waals surface area contributed by atoms with Crippen LogP contribution in [0.3, 0.4) is 0 Å². The molecule has 3 heterocycles. The SMILES string of the molecule is Fc1ccc(-c2nc3c(N4CCN(c5ccccc5)CC4)nccc3[nH]2)cc1F. The molecule has 1 aliphatic heterocycles. The zero-order chi connectivity index (χ0) is 19.8. The fourth-order valence-corrected chi connectivity index (χ4v) is 3.75. The number of nitrogens with zero attached hydrogens (tertiary/aromatic N) is 4. The third-order valence-electron chi connectivity index (χ3n) is 5.28. The summed E-state index contributed by atoms with van der Waals surface area (Å²) in [4.78, 5) is 17.0. The number of aromatic amines is 1. The minimum Gasteiger partial charge on any atom is -0.368 e. The van der Waals surface area contributed by atoms with Crippen molar-refractivity contribution in [3.8, 4) is 11.4 Å². The van der Waals surface area contributed by atoms with Crippen molar-refractivity contribution in [1.29, 1.82) is 0 Å². The maximum absolute atomic E-state index is 13.6. The molecule has 146 valence electrons. The van der Waals surface area contributed by atoms with E-state index in [-0.39, 0.29) is 0 Å². The van der Waals surface area contributed by atoms with Crippen molar-refractivity contribution in [2.45, 2.75) is 0 Å². The van der Waals surface area contributed by atoms with E-state index < -0.39 is 11.6 Å². The minimum atomic E-state index is -0.890. The molecule has 4 aromatic rings. The largest absolute Gasteiger partial charge is 0.368 e. The van der Waals surface area contributed by atoms with Crippen LogP contribution < -0.4 is 9.80 Å². The van der Waals surface area contributed by atoms with Gasteiger partial charge in [-0.3, -0.25) is 0 Å². The van der Waals surface area contributed by atoms with Crippen molar-refractivity contribution in [1.82, 2.24) is 15.0 Å². The van der Waals surface area contributed by atoms with E-state index in [1.54, 1.807) is 6.20 Å². The number of anilines is 2. The van der Waals surface area contributed by atoms with Crippen LogP contribution in [0, 0.1) is 11.6 Å². The highest BCUT2D eigenvalue weighted by molar-refractivity contribution is 5.88. The van der Waals surface area contributed by atoms with Gasteiger partial charge in [-0.2, -0.15) is 0 Å². The van der Waals surface area contributed by atoms with Gasteiger partial charge in [0.15, 0.2) is 17.5 Å². The lowest BCUT2D eigenvalue weighted by Crippen LogP contribution is -2.46. The molecular weight excluding hydrogens is 372 g/mol. The third kappa shape index (κ3) is 3.29. The van der Waals surface area contributed by atoms with Crippen LogP contribution in [0.4, 0.5) is 20.3 Å². The van der Waals surface area contributed by atoms with Crippen LogP contribution in [0.5, 0.6) is 0 Å². The summed E-state index contributed by atoms with van der Waals surface area (Å²) in [5.74, 6) is -0.460. The van der Waals surface area contributed by atoms with Crippen molar-refractivity contribution in [3.05, 3.63) is 72.4 Å². The van der Waals surface area contributed by atoms with E-state index in [2.05, 4.69) is 36.9 Å². The smallest absolute Gasteiger partial charge is 0.159 e. The summed E-state index contributed by atoms with van der Waals surface area (Å²) < 4.78 is 26.9. The number of piperazine rings is 1. The van der Waals surface area contributed by atoms with Crippen molar-refractivity contribution < 1.29 is 8.78 Å². The number of pyridine rings is 1. The van der Waals surface area contributed by atoms with E-state index in [0.29, 0.717) is 11.4 Å². The first-order valence-electron chi connectivity index (χ1n) is 9.54. The number of halogens is 2. The summed E-state index contributed by atoms with van der Waals surface area (Å²) in [5, 5.41) is 0. The fraction of sp³-hybridized carbons (Fsp3) is 0.182. The molecule has 0 atom stereocenters. The lowest BCUT2D eigenvalue weighted by Gasteiger charge is -2.36. The van der Waals surface area contributed by atoms with Crippen molar-refractivity contribution in [3.63, 3.8) is 0 Å². The first-order valence-corrected chi connectivity index (χ1v) is 9.54. The van der Waals surface area contributed by atoms with Crippen LogP contribution in [-0.2, 0) is 0 Å². The van der Waals surface area contributed by atoms with E-state index in [1.807, 2.05) is 24.3 Å². The molecule has 0 aliphatic carbocycles. The fourth-order valence-electron chi connectivity index (χ4n) is 3.75. The first-order chi connectivity index (χ1) is 14.2. The molecule has 0 radical (unpaired) electrons. The summed E-state index contributed by atoms with van der Waals surface area (Å²) in [6.07, 6.45) is 1.74. The zero-order valence-corrected chi connectivity index (χ0v) is 15.6. The Morgan fingerprint density at radius 1 is 0.828 bits per heavy atom. The Morgan fingerprint density at radius 2 is 1.59 bits per heavy atom. The van der Waals surface area contributed by atoms with Crippen LogP contribution in [0.15, 0.2) is 60.8 Å². The number of fused-ring (bicyclic) bond motifs is 1. The number of imidazole rings is 1. The van der Waals surface area contributed by atoms with Gasteiger partial charge in [0.1, 0.15) is 11.3 Å². The molecular formula is C22H19F2N5. The molecule has 0 saturated carbocycles. The van der Waals surface area contributed by atoms with Gasteiger partial charge in [-0.15, -0.1) is 0 Å². The van der Waals surface area contributed by atoms with Gasteiger partial charge in [0.05, 0.1) is 5.52 Å². The molecule has 1 fully saturated rings. The van der Waals surface area contributed by atoms with E-state index in [9.17, 15) is 8.78 Å². The van der Waals surface area contributed by atoms with Crippen LogP contribution in [-0.4, -0.2) is 41.1 Å². The second-order valence-corrected chi connectivity index (χ2v) is 7.05. The molecule has 5 nitrogen and oxygen atoms in total. The van der Waals surface area contributed by atoms with Gasteiger partial charge in [-0.05, 0) is 36.4 Å². The lowest BCUT2D eigenvalue weighted by atomic mass is 10.2. The highest BCUT2D eigenvalue weighted by Gasteiger charge is 2.21. The monoisotopic (exact) mass is 391 g/mol. The quantitative estimate of drug-likeness (QED) is 0.568. The summed E-state index contributed by atoms with van der Waals surface area (Å²) in [5.41, 5.74) is 3.28. The Hall–Kier alpha value is -3.48. The Kier molecular flexibility index (Phi) is 4.35. The highest BCUT2D eigenvalue weighted by Crippen LogP contribution is 2.28. The number of hydrogen-bond donors (Lipinski definition) is 1. The van der Waals surface area contributed by atoms with Gasteiger partial charge >= 0.3 is 0 Å². The standard InChI is InChI=1S/C22H19F2N5/c23-17-7-6-15(14-18(17)24)21-26-19-8-9-25-22(20(19)27-21)29-12-10-28(11-13-29)16-4-2-1-3-5-16/h1-9,14H,10-13H2,(H,26,27). The molecule has 2 aromatic carbocycles. The first kappa shape index (κ1) is 17.6. The molecule has 5 rings (SSSR count). The van der Waals surface area contributed by atoms with Gasteiger partial charge in [0, 0.05) is 43.6 Å². The van der Waals surface area contributed by atoms with Crippen LogP contribution in [0.25, 0.3) is 22.4 Å². The zero-order valence-electron chi connectivity index (χ0n) is 15.6. The molecule has 2 aromatic heterocycles. The molecule has 7 heteroatoms. The molecule has 0 bridgehead atoms. The van der Waals surface area contributed by atoms with Crippen molar-refractivity contribution >= 4 is 22.5 Å². The minimum absolute atomic E-state index is 0.496. The molecule has 0 amide bonds. The molecule has 0 spiro atoms. The second kappa shape index (κ2) is 7.16. The Labute approximate surface area is 166 Å². The number of nitrogens with one attached hydrogen (secondary N) is 1. The van der Waals surface area contributed by atoms with E-state index in [0.717, 1.165) is 55.2 Å². The van der Waals surface area contributed by atoms with Gasteiger partial charge in [0.25, 0.3) is 0 Å².